The Bertz CT molecular complexity index is 456. The second-order valence-corrected chi connectivity index (χ2v) is 3.09. The second kappa shape index (κ2) is 4.09. The smallest absolute Gasteiger partial charge is 0.165 e. The Morgan fingerprint density at radius 3 is 2.40 bits per heavy atom. The van der Waals surface area contributed by atoms with E-state index in [4.69, 9.17) is 4.74 Å². The largest absolute Gasteiger partial charge is 0.494 e. The number of aromatic nitrogens is 1. The van der Waals surface area contributed by atoms with Gasteiger partial charge in [0.1, 0.15) is 0 Å². The van der Waals surface area contributed by atoms with Crippen LogP contribution in [0.4, 0.5) is 4.39 Å². The monoisotopic (exact) mass is 203 g/mol. The van der Waals surface area contributed by atoms with Crippen LogP contribution >= 0.6 is 0 Å². The fourth-order valence-corrected chi connectivity index (χ4v) is 1.39. The SMILES string of the molecule is COc1ccc(-c2ccncc2)cc1F. The lowest BCUT2D eigenvalue weighted by molar-refractivity contribution is 0.386. The standard InChI is InChI=1S/C12H10FNO/c1-15-12-3-2-10(8-11(12)13)9-4-6-14-7-5-9/h2-8H,1H3. The molecule has 0 unspecified atom stereocenters. The second-order valence-electron chi connectivity index (χ2n) is 3.09. The van der Waals surface area contributed by atoms with E-state index in [9.17, 15) is 4.39 Å². The molecule has 0 aliphatic heterocycles. The highest BCUT2D eigenvalue weighted by Crippen LogP contribution is 2.24. The molecule has 2 aromatic rings. The molecule has 15 heavy (non-hydrogen) atoms. The van der Waals surface area contributed by atoms with E-state index in [1.54, 1.807) is 18.5 Å². The summed E-state index contributed by atoms with van der Waals surface area (Å²) in [5.74, 6) is -0.0976. The van der Waals surface area contributed by atoms with Gasteiger partial charge in [-0.05, 0) is 35.4 Å². The molecule has 2 rings (SSSR count). The molecule has 0 saturated carbocycles. The minimum absolute atomic E-state index is 0.257. The first-order chi connectivity index (χ1) is 7.31. The quantitative estimate of drug-likeness (QED) is 0.748. The minimum Gasteiger partial charge on any atom is -0.494 e. The summed E-state index contributed by atoms with van der Waals surface area (Å²) in [7, 11) is 1.45. The van der Waals surface area contributed by atoms with E-state index in [0.717, 1.165) is 11.1 Å². The third-order valence-corrected chi connectivity index (χ3v) is 2.17. The summed E-state index contributed by atoms with van der Waals surface area (Å²) in [6, 6.07) is 8.55. The van der Waals surface area contributed by atoms with Crippen LogP contribution in [-0.4, -0.2) is 12.1 Å². The van der Waals surface area contributed by atoms with Gasteiger partial charge in [0.15, 0.2) is 11.6 Å². The van der Waals surface area contributed by atoms with E-state index < -0.39 is 0 Å². The summed E-state index contributed by atoms with van der Waals surface area (Å²) in [5, 5.41) is 0. The molecule has 0 aliphatic carbocycles. The fraction of sp³-hybridized carbons (Fsp3) is 0.0833. The lowest BCUT2D eigenvalue weighted by atomic mass is 10.1. The molecule has 1 aromatic heterocycles. The van der Waals surface area contributed by atoms with Crippen LogP contribution in [-0.2, 0) is 0 Å². The van der Waals surface area contributed by atoms with Gasteiger partial charge in [-0.3, -0.25) is 4.98 Å². The number of hydrogen-bond acceptors (Lipinski definition) is 2. The van der Waals surface area contributed by atoms with Crippen LogP contribution in [0.2, 0.25) is 0 Å². The number of rotatable bonds is 2. The average molecular weight is 203 g/mol. The first-order valence-electron chi connectivity index (χ1n) is 4.55. The van der Waals surface area contributed by atoms with E-state index in [-0.39, 0.29) is 11.6 Å². The van der Waals surface area contributed by atoms with E-state index in [1.807, 2.05) is 18.2 Å². The van der Waals surface area contributed by atoms with Gasteiger partial charge in [-0.15, -0.1) is 0 Å². The highest BCUT2D eigenvalue weighted by Gasteiger charge is 2.04. The average Bonchev–Trinajstić information content (AvgIpc) is 2.30. The first kappa shape index (κ1) is 9.65. The molecule has 76 valence electrons. The van der Waals surface area contributed by atoms with Gasteiger partial charge in [0.2, 0.25) is 0 Å². The molecule has 0 fully saturated rings. The molecule has 0 spiro atoms. The molecule has 1 heterocycles. The first-order valence-corrected chi connectivity index (χ1v) is 4.55. The summed E-state index contributed by atoms with van der Waals surface area (Å²) in [4.78, 5) is 3.91. The molecule has 3 heteroatoms. The van der Waals surface area contributed by atoms with Crippen LogP contribution in [0.5, 0.6) is 5.75 Å². The van der Waals surface area contributed by atoms with Crippen LogP contribution < -0.4 is 4.74 Å². The van der Waals surface area contributed by atoms with Gasteiger partial charge in [0, 0.05) is 12.4 Å². The Labute approximate surface area is 87.4 Å². The van der Waals surface area contributed by atoms with E-state index in [1.165, 1.54) is 13.2 Å². The summed E-state index contributed by atoms with van der Waals surface area (Å²) in [5.41, 5.74) is 1.75. The van der Waals surface area contributed by atoms with Crippen molar-refractivity contribution in [3.8, 4) is 16.9 Å². The molecule has 0 amide bonds. The number of benzene rings is 1. The Morgan fingerprint density at radius 1 is 1.07 bits per heavy atom. The van der Waals surface area contributed by atoms with Crippen molar-refractivity contribution < 1.29 is 9.13 Å². The topological polar surface area (TPSA) is 22.1 Å². The summed E-state index contributed by atoms with van der Waals surface area (Å²) >= 11 is 0. The number of halogens is 1. The molecular weight excluding hydrogens is 193 g/mol. The Morgan fingerprint density at radius 2 is 1.80 bits per heavy atom. The highest BCUT2D eigenvalue weighted by molar-refractivity contribution is 5.63. The van der Waals surface area contributed by atoms with Crippen LogP contribution in [0.25, 0.3) is 11.1 Å². The van der Waals surface area contributed by atoms with Gasteiger partial charge in [-0.1, -0.05) is 6.07 Å². The van der Waals surface area contributed by atoms with Crippen LogP contribution in [0.15, 0.2) is 42.7 Å². The number of ether oxygens (including phenoxy) is 1. The molecule has 0 radical (unpaired) electrons. The van der Waals surface area contributed by atoms with Gasteiger partial charge >= 0.3 is 0 Å². The van der Waals surface area contributed by atoms with Gasteiger partial charge in [0.05, 0.1) is 7.11 Å². The van der Waals surface area contributed by atoms with Crippen LogP contribution in [0.3, 0.4) is 0 Å². The normalized spacial score (nSPS) is 10.0. The number of hydrogen-bond donors (Lipinski definition) is 0. The third-order valence-electron chi connectivity index (χ3n) is 2.17. The van der Waals surface area contributed by atoms with Crippen molar-refractivity contribution in [2.45, 2.75) is 0 Å². The van der Waals surface area contributed by atoms with Crippen molar-refractivity contribution in [3.63, 3.8) is 0 Å². The summed E-state index contributed by atoms with van der Waals surface area (Å²) < 4.78 is 18.2. The summed E-state index contributed by atoms with van der Waals surface area (Å²) in [6.45, 7) is 0. The lowest BCUT2D eigenvalue weighted by Gasteiger charge is -2.04. The molecule has 0 N–H and O–H groups in total. The lowest BCUT2D eigenvalue weighted by Crippen LogP contribution is -1.88. The van der Waals surface area contributed by atoms with Crippen molar-refractivity contribution in [1.82, 2.24) is 4.98 Å². The maximum atomic E-state index is 13.4. The zero-order chi connectivity index (χ0) is 10.7. The Hall–Kier alpha value is -1.90. The predicted octanol–water partition coefficient (Wildman–Crippen LogP) is 2.90. The number of pyridine rings is 1. The van der Waals surface area contributed by atoms with Gasteiger partial charge in [-0.2, -0.15) is 0 Å². The molecule has 0 atom stereocenters. The third kappa shape index (κ3) is 1.96. The van der Waals surface area contributed by atoms with E-state index in [2.05, 4.69) is 4.98 Å². The van der Waals surface area contributed by atoms with Crippen molar-refractivity contribution in [2.24, 2.45) is 0 Å². The molecule has 1 aromatic carbocycles. The Kier molecular flexibility index (Phi) is 2.63. The fourth-order valence-electron chi connectivity index (χ4n) is 1.39. The van der Waals surface area contributed by atoms with Crippen molar-refractivity contribution in [1.29, 1.82) is 0 Å². The molecule has 0 aliphatic rings. The molecule has 0 bridgehead atoms. The van der Waals surface area contributed by atoms with Crippen LogP contribution in [0.1, 0.15) is 0 Å². The number of methoxy groups -OCH3 is 1. The zero-order valence-electron chi connectivity index (χ0n) is 8.27. The molecule has 2 nitrogen and oxygen atoms in total. The minimum atomic E-state index is -0.355. The molecule has 0 saturated heterocycles. The molecular formula is C12H10FNO. The van der Waals surface area contributed by atoms with Crippen molar-refractivity contribution in [3.05, 3.63) is 48.5 Å². The van der Waals surface area contributed by atoms with E-state index >= 15 is 0 Å². The highest BCUT2D eigenvalue weighted by atomic mass is 19.1. The Balaban J connectivity index is 2.43. The van der Waals surface area contributed by atoms with Gasteiger partial charge in [0.25, 0.3) is 0 Å². The zero-order valence-corrected chi connectivity index (χ0v) is 8.27. The van der Waals surface area contributed by atoms with Crippen LogP contribution in [0, 0.1) is 5.82 Å². The number of nitrogens with zero attached hydrogens (tertiary/aromatic N) is 1. The van der Waals surface area contributed by atoms with Gasteiger partial charge in [-0.25, -0.2) is 4.39 Å². The van der Waals surface area contributed by atoms with E-state index in [0.29, 0.717) is 0 Å². The maximum absolute atomic E-state index is 13.4. The maximum Gasteiger partial charge on any atom is 0.165 e. The predicted molar refractivity (Wildman–Crippen MR) is 56.2 cm³/mol. The van der Waals surface area contributed by atoms with Crippen molar-refractivity contribution >= 4 is 0 Å². The van der Waals surface area contributed by atoms with Gasteiger partial charge < -0.3 is 4.74 Å². The van der Waals surface area contributed by atoms with Crippen molar-refractivity contribution in [2.75, 3.05) is 7.11 Å². The summed E-state index contributed by atoms with van der Waals surface area (Å²) in [6.07, 6.45) is 3.36.